The molecule has 0 bridgehead atoms. The lowest BCUT2D eigenvalue weighted by molar-refractivity contribution is 0.0969. The third-order valence-electron chi connectivity index (χ3n) is 4.40. The molecule has 0 amide bonds. The number of Topliss-reactive ketones (excluding diaryl/α,β-unsaturated/α-hetero) is 1. The molecule has 3 aromatic heterocycles. The van der Waals surface area contributed by atoms with E-state index in [1.807, 2.05) is 12.1 Å². The highest BCUT2D eigenvalue weighted by Gasteiger charge is 2.17. The minimum Gasteiger partial charge on any atom is -0.486 e. The van der Waals surface area contributed by atoms with Crippen molar-refractivity contribution in [3.63, 3.8) is 0 Å². The number of carbonyl (C=O) groups is 1. The van der Waals surface area contributed by atoms with E-state index in [1.54, 1.807) is 24.4 Å². The van der Waals surface area contributed by atoms with Crippen molar-refractivity contribution >= 4 is 37.6 Å². The first-order valence-electron chi connectivity index (χ1n) is 8.36. The van der Waals surface area contributed by atoms with Gasteiger partial charge in [-0.3, -0.25) is 14.2 Å². The van der Waals surface area contributed by atoms with Crippen LogP contribution in [0.15, 0.2) is 47.7 Å². The summed E-state index contributed by atoms with van der Waals surface area (Å²) in [5.74, 6) is 0.967. The van der Waals surface area contributed by atoms with Gasteiger partial charge in [0, 0.05) is 17.1 Å². The van der Waals surface area contributed by atoms with Gasteiger partial charge in [0.05, 0.1) is 18.4 Å². The van der Waals surface area contributed by atoms with Gasteiger partial charge in [-0.25, -0.2) is 9.97 Å². The Labute approximate surface area is 156 Å². The number of pyridine rings is 1. The molecule has 7 nitrogen and oxygen atoms in total. The fraction of sp³-hybridized carbons (Fsp3) is 0.158. The smallest absolute Gasteiger partial charge is 0.271 e. The highest BCUT2D eigenvalue weighted by molar-refractivity contribution is 7.25. The van der Waals surface area contributed by atoms with Crippen molar-refractivity contribution < 1.29 is 14.3 Å². The minimum absolute atomic E-state index is 0.0942. The van der Waals surface area contributed by atoms with E-state index in [1.165, 1.54) is 22.2 Å². The van der Waals surface area contributed by atoms with Crippen molar-refractivity contribution in [2.45, 2.75) is 6.54 Å². The Morgan fingerprint density at radius 1 is 1.15 bits per heavy atom. The van der Waals surface area contributed by atoms with Crippen molar-refractivity contribution in [2.24, 2.45) is 0 Å². The molecule has 134 valence electrons. The second kappa shape index (κ2) is 6.17. The molecule has 27 heavy (non-hydrogen) atoms. The van der Waals surface area contributed by atoms with Crippen molar-refractivity contribution in [2.75, 3.05) is 13.2 Å². The number of ether oxygens (including phenoxy) is 2. The molecule has 0 saturated heterocycles. The van der Waals surface area contributed by atoms with E-state index in [0.29, 0.717) is 40.5 Å². The average Bonchev–Trinajstić information content (AvgIpc) is 3.09. The molecule has 0 radical (unpaired) electrons. The summed E-state index contributed by atoms with van der Waals surface area (Å²) < 4.78 is 12.8. The Bertz CT molecular complexity index is 1260. The highest BCUT2D eigenvalue weighted by atomic mass is 32.1. The Kier molecular flexibility index (Phi) is 3.64. The molecule has 0 N–H and O–H groups in total. The standard InChI is InChI=1S/C19H13N3O4S/c23-13(11-3-4-14-15(8-11)26-7-6-25-14)9-22-10-21-16-12-2-1-5-20-18(12)27-17(16)19(22)24/h1-5,8,10H,6-7,9H2. The maximum absolute atomic E-state index is 12.8. The number of aromatic nitrogens is 3. The second-order valence-electron chi connectivity index (χ2n) is 6.10. The maximum Gasteiger partial charge on any atom is 0.271 e. The van der Waals surface area contributed by atoms with Gasteiger partial charge in [0.15, 0.2) is 17.3 Å². The first-order chi connectivity index (χ1) is 13.2. The number of ketones is 1. The molecule has 0 aliphatic carbocycles. The van der Waals surface area contributed by atoms with Gasteiger partial charge in [-0.05, 0) is 30.3 Å². The third kappa shape index (κ3) is 2.65. The molecule has 0 saturated carbocycles. The normalized spacial score (nSPS) is 13.2. The molecule has 4 heterocycles. The van der Waals surface area contributed by atoms with Crippen LogP contribution in [0.1, 0.15) is 10.4 Å². The average molecular weight is 379 g/mol. The Morgan fingerprint density at radius 2 is 2.00 bits per heavy atom. The number of fused-ring (bicyclic) bond motifs is 4. The largest absolute Gasteiger partial charge is 0.486 e. The minimum atomic E-state index is -0.242. The number of carbonyl (C=O) groups excluding carboxylic acids is 1. The molecule has 4 aromatic rings. The number of thiophene rings is 1. The number of nitrogens with zero attached hydrogens (tertiary/aromatic N) is 3. The van der Waals surface area contributed by atoms with Gasteiger partial charge in [0.2, 0.25) is 0 Å². The van der Waals surface area contributed by atoms with Crippen LogP contribution in [-0.2, 0) is 6.54 Å². The quantitative estimate of drug-likeness (QED) is 0.509. The van der Waals surface area contributed by atoms with E-state index < -0.39 is 0 Å². The molecule has 0 fully saturated rings. The second-order valence-corrected chi connectivity index (χ2v) is 7.09. The summed E-state index contributed by atoms with van der Waals surface area (Å²) >= 11 is 1.29. The van der Waals surface area contributed by atoms with Crippen molar-refractivity contribution in [3.05, 3.63) is 58.8 Å². The van der Waals surface area contributed by atoms with Gasteiger partial charge in [0.1, 0.15) is 22.7 Å². The van der Waals surface area contributed by atoms with E-state index in [9.17, 15) is 9.59 Å². The lowest BCUT2D eigenvalue weighted by Gasteiger charge is -2.18. The van der Waals surface area contributed by atoms with Crippen LogP contribution in [0.4, 0.5) is 0 Å². The molecule has 8 heteroatoms. The molecule has 1 aliphatic rings. The molecular weight excluding hydrogens is 366 g/mol. The van der Waals surface area contributed by atoms with Crippen molar-refractivity contribution in [3.8, 4) is 11.5 Å². The van der Waals surface area contributed by atoms with Gasteiger partial charge in [-0.1, -0.05) is 0 Å². The van der Waals surface area contributed by atoms with Gasteiger partial charge in [-0.2, -0.15) is 0 Å². The van der Waals surface area contributed by atoms with E-state index in [4.69, 9.17) is 9.47 Å². The molecular formula is C19H13N3O4S. The Balaban J connectivity index is 1.51. The summed E-state index contributed by atoms with van der Waals surface area (Å²) in [5.41, 5.74) is 0.842. The van der Waals surface area contributed by atoms with E-state index in [2.05, 4.69) is 9.97 Å². The van der Waals surface area contributed by atoms with Crippen LogP contribution in [0.5, 0.6) is 11.5 Å². The third-order valence-corrected chi connectivity index (χ3v) is 5.49. The van der Waals surface area contributed by atoms with Crippen LogP contribution in [0, 0.1) is 0 Å². The predicted octanol–water partition coefficient (Wildman–Crippen LogP) is 2.66. The van der Waals surface area contributed by atoms with Gasteiger partial charge in [0.25, 0.3) is 5.56 Å². The SMILES string of the molecule is O=C(Cn1cnc2c(sc3ncccc32)c1=O)c1ccc2c(c1)OCCO2. The molecule has 0 unspecified atom stereocenters. The van der Waals surface area contributed by atoms with Crippen molar-refractivity contribution in [1.29, 1.82) is 0 Å². The van der Waals surface area contributed by atoms with Crippen LogP contribution in [0.2, 0.25) is 0 Å². The molecule has 1 aliphatic heterocycles. The highest BCUT2D eigenvalue weighted by Crippen LogP contribution is 2.31. The number of hydrogen-bond acceptors (Lipinski definition) is 7. The van der Waals surface area contributed by atoms with E-state index in [-0.39, 0.29) is 17.9 Å². The fourth-order valence-corrected chi connectivity index (χ4v) is 4.12. The monoisotopic (exact) mass is 379 g/mol. The summed E-state index contributed by atoms with van der Waals surface area (Å²) in [6.07, 6.45) is 3.10. The summed E-state index contributed by atoms with van der Waals surface area (Å²) in [6.45, 7) is 0.846. The fourth-order valence-electron chi connectivity index (χ4n) is 3.08. The lowest BCUT2D eigenvalue weighted by Crippen LogP contribution is -2.24. The molecule has 5 rings (SSSR count). The molecule has 1 aromatic carbocycles. The zero-order valence-electron chi connectivity index (χ0n) is 14.0. The van der Waals surface area contributed by atoms with Gasteiger partial charge >= 0.3 is 0 Å². The lowest BCUT2D eigenvalue weighted by atomic mass is 10.1. The van der Waals surface area contributed by atoms with Gasteiger partial charge < -0.3 is 9.47 Å². The topological polar surface area (TPSA) is 83.3 Å². The predicted molar refractivity (Wildman–Crippen MR) is 101 cm³/mol. The first kappa shape index (κ1) is 16.0. The Hall–Kier alpha value is -3.26. The molecule has 0 spiro atoms. The summed E-state index contributed by atoms with van der Waals surface area (Å²) in [7, 11) is 0. The van der Waals surface area contributed by atoms with Crippen LogP contribution in [0.3, 0.4) is 0 Å². The van der Waals surface area contributed by atoms with E-state index in [0.717, 1.165) is 10.2 Å². The zero-order valence-corrected chi connectivity index (χ0v) is 14.9. The number of rotatable bonds is 3. The summed E-state index contributed by atoms with van der Waals surface area (Å²) in [5, 5.41) is 0.847. The first-order valence-corrected chi connectivity index (χ1v) is 9.18. The van der Waals surface area contributed by atoms with Crippen LogP contribution < -0.4 is 15.0 Å². The number of benzene rings is 1. The van der Waals surface area contributed by atoms with Crippen LogP contribution in [-0.4, -0.2) is 33.5 Å². The van der Waals surface area contributed by atoms with Gasteiger partial charge in [-0.15, -0.1) is 11.3 Å². The molecule has 0 atom stereocenters. The van der Waals surface area contributed by atoms with Crippen molar-refractivity contribution in [1.82, 2.24) is 14.5 Å². The number of hydrogen-bond donors (Lipinski definition) is 0. The maximum atomic E-state index is 12.8. The summed E-state index contributed by atoms with van der Waals surface area (Å²) in [6, 6.07) is 8.74. The summed E-state index contributed by atoms with van der Waals surface area (Å²) in [4.78, 5) is 34.9. The van der Waals surface area contributed by atoms with Crippen LogP contribution in [0.25, 0.3) is 20.4 Å². The van der Waals surface area contributed by atoms with E-state index >= 15 is 0 Å². The zero-order chi connectivity index (χ0) is 18.4. The Morgan fingerprint density at radius 3 is 2.89 bits per heavy atom. The van der Waals surface area contributed by atoms with Crippen LogP contribution >= 0.6 is 11.3 Å².